The van der Waals surface area contributed by atoms with E-state index in [-0.39, 0.29) is 6.54 Å². The quantitative estimate of drug-likeness (QED) is 0.675. The van der Waals surface area contributed by atoms with Gasteiger partial charge in [0.05, 0.1) is 0 Å². The third-order valence-corrected chi connectivity index (χ3v) is 4.82. The minimum Gasteiger partial charge on any atom is -0.386 e. The van der Waals surface area contributed by atoms with Crippen LogP contribution < -0.4 is 5.32 Å². The molecule has 4 nitrogen and oxygen atoms in total. The highest BCUT2D eigenvalue weighted by Gasteiger charge is 2.19. The van der Waals surface area contributed by atoms with E-state index in [4.69, 9.17) is 0 Å². The fourth-order valence-corrected chi connectivity index (χ4v) is 3.40. The molecule has 0 fully saturated rings. The highest BCUT2D eigenvalue weighted by Crippen LogP contribution is 2.29. The molecule has 0 aliphatic rings. The molecule has 1 heterocycles. The molecule has 0 spiro atoms. The molecule has 118 valence electrons. The molecule has 5 heteroatoms. The summed E-state index contributed by atoms with van der Waals surface area (Å²) in [5.41, 5.74) is 0.529. The summed E-state index contributed by atoms with van der Waals surface area (Å²) in [6, 6.07) is 18.5. The van der Waals surface area contributed by atoms with Crippen LogP contribution in [0.3, 0.4) is 0 Å². The summed E-state index contributed by atoms with van der Waals surface area (Å²) in [5, 5.41) is 23.9. The van der Waals surface area contributed by atoms with E-state index in [2.05, 4.69) is 5.32 Å². The second-order valence-corrected chi connectivity index (χ2v) is 6.38. The molecule has 3 aromatic rings. The van der Waals surface area contributed by atoms with Crippen LogP contribution in [0.5, 0.6) is 0 Å². The third-order valence-electron chi connectivity index (χ3n) is 3.61. The van der Waals surface area contributed by atoms with Gasteiger partial charge in [-0.25, -0.2) is 0 Å². The molecule has 0 unspecified atom stereocenters. The molecule has 3 rings (SSSR count). The molecular weight excluding hydrogens is 310 g/mol. The number of amides is 1. The van der Waals surface area contributed by atoms with Crippen LogP contribution in [-0.2, 0) is 4.79 Å². The average molecular weight is 327 g/mol. The number of aliphatic hydroxyl groups is 2. The lowest BCUT2D eigenvalue weighted by Gasteiger charge is -2.14. The molecule has 0 radical (unpaired) electrons. The molecule has 3 N–H and O–H groups in total. The molecule has 1 aromatic heterocycles. The van der Waals surface area contributed by atoms with E-state index in [1.165, 1.54) is 11.3 Å². The number of rotatable bonds is 5. The van der Waals surface area contributed by atoms with Gasteiger partial charge in [-0.05, 0) is 23.1 Å². The van der Waals surface area contributed by atoms with E-state index in [0.29, 0.717) is 5.56 Å². The molecule has 0 bridgehead atoms. The third kappa shape index (κ3) is 3.59. The Morgan fingerprint density at radius 3 is 2.48 bits per heavy atom. The Morgan fingerprint density at radius 1 is 1.04 bits per heavy atom. The lowest BCUT2D eigenvalue weighted by Crippen LogP contribution is -2.32. The van der Waals surface area contributed by atoms with Crippen molar-refractivity contribution in [2.24, 2.45) is 0 Å². The number of carbonyl (C=O) groups is 1. The highest BCUT2D eigenvalue weighted by atomic mass is 32.1. The number of hydrogen-bond acceptors (Lipinski definition) is 4. The van der Waals surface area contributed by atoms with Gasteiger partial charge in [0.2, 0.25) is 0 Å². The minimum absolute atomic E-state index is 0.0650. The largest absolute Gasteiger partial charge is 0.386 e. The first-order valence-electron chi connectivity index (χ1n) is 7.32. The number of aliphatic hydroxyl groups excluding tert-OH is 2. The summed E-state index contributed by atoms with van der Waals surface area (Å²) in [6.07, 6.45) is -2.02. The molecule has 2 atom stereocenters. The van der Waals surface area contributed by atoms with Crippen LogP contribution in [0.15, 0.2) is 60.7 Å². The number of thiophene rings is 1. The van der Waals surface area contributed by atoms with Crippen LogP contribution >= 0.6 is 11.3 Å². The molecule has 0 aliphatic carbocycles. The summed E-state index contributed by atoms with van der Waals surface area (Å²) in [6.45, 7) is 0.0650. The average Bonchev–Trinajstić information content (AvgIpc) is 3.03. The molecule has 0 saturated carbocycles. The Labute approximate surface area is 138 Å². The van der Waals surface area contributed by atoms with E-state index in [9.17, 15) is 15.0 Å². The van der Waals surface area contributed by atoms with Crippen molar-refractivity contribution in [2.75, 3.05) is 6.54 Å². The molecule has 0 aliphatic heterocycles. The number of benzene rings is 2. The van der Waals surface area contributed by atoms with Gasteiger partial charge in [0.1, 0.15) is 6.10 Å². The van der Waals surface area contributed by atoms with Gasteiger partial charge in [-0.15, -0.1) is 11.3 Å². The van der Waals surface area contributed by atoms with Crippen molar-refractivity contribution in [3.63, 3.8) is 0 Å². The Morgan fingerprint density at radius 2 is 1.74 bits per heavy atom. The van der Waals surface area contributed by atoms with Gasteiger partial charge in [0, 0.05) is 16.1 Å². The lowest BCUT2D eigenvalue weighted by atomic mass is 10.1. The molecule has 0 saturated heterocycles. The van der Waals surface area contributed by atoms with E-state index < -0.39 is 18.1 Å². The van der Waals surface area contributed by atoms with Crippen molar-refractivity contribution >= 4 is 27.3 Å². The Kier molecular flexibility index (Phi) is 4.71. The number of carbonyl (C=O) groups excluding carboxylic acids is 1. The van der Waals surface area contributed by atoms with Gasteiger partial charge >= 0.3 is 0 Å². The predicted octanol–water partition coefficient (Wildman–Crippen LogP) is 2.78. The van der Waals surface area contributed by atoms with E-state index in [1.807, 2.05) is 36.4 Å². The second-order valence-electron chi connectivity index (χ2n) is 5.26. The molecule has 2 aromatic carbocycles. The zero-order chi connectivity index (χ0) is 16.2. The van der Waals surface area contributed by atoms with Crippen molar-refractivity contribution in [1.82, 2.24) is 5.32 Å². The lowest BCUT2D eigenvalue weighted by molar-refractivity contribution is -0.130. The second kappa shape index (κ2) is 6.91. The Hall–Kier alpha value is -2.21. The van der Waals surface area contributed by atoms with Crippen LogP contribution in [0.4, 0.5) is 0 Å². The Bertz CT molecular complexity index is 767. The monoisotopic (exact) mass is 327 g/mol. The topological polar surface area (TPSA) is 69.6 Å². The molecular formula is C18H17NO3S. The van der Waals surface area contributed by atoms with Crippen LogP contribution in [-0.4, -0.2) is 22.7 Å². The number of fused-ring (bicyclic) bond motifs is 1. The zero-order valence-corrected chi connectivity index (χ0v) is 13.2. The maximum atomic E-state index is 12.0. The van der Waals surface area contributed by atoms with Crippen LogP contribution in [0.25, 0.3) is 10.1 Å². The van der Waals surface area contributed by atoms with E-state index >= 15 is 0 Å². The van der Waals surface area contributed by atoms with Gasteiger partial charge in [-0.2, -0.15) is 0 Å². The minimum atomic E-state index is -1.23. The van der Waals surface area contributed by atoms with Gasteiger partial charge in [-0.1, -0.05) is 48.5 Å². The van der Waals surface area contributed by atoms with Crippen molar-refractivity contribution in [3.8, 4) is 0 Å². The zero-order valence-electron chi connectivity index (χ0n) is 12.3. The first-order chi connectivity index (χ1) is 11.1. The van der Waals surface area contributed by atoms with Crippen molar-refractivity contribution in [3.05, 3.63) is 71.1 Å². The van der Waals surface area contributed by atoms with Crippen LogP contribution in [0.2, 0.25) is 0 Å². The SMILES string of the molecule is O=C(NC[C@H](O)c1cc2ccccc2s1)[C@@H](O)c1ccccc1. The van der Waals surface area contributed by atoms with Crippen molar-refractivity contribution < 1.29 is 15.0 Å². The van der Waals surface area contributed by atoms with Crippen molar-refractivity contribution in [2.45, 2.75) is 12.2 Å². The summed E-state index contributed by atoms with van der Waals surface area (Å²) >= 11 is 1.50. The maximum absolute atomic E-state index is 12.0. The first-order valence-corrected chi connectivity index (χ1v) is 8.14. The van der Waals surface area contributed by atoms with Crippen LogP contribution in [0.1, 0.15) is 22.6 Å². The Balaban J connectivity index is 1.62. The molecule has 23 heavy (non-hydrogen) atoms. The fourth-order valence-electron chi connectivity index (χ4n) is 2.35. The normalized spacial score (nSPS) is 13.7. The number of hydrogen-bond donors (Lipinski definition) is 3. The summed E-state index contributed by atoms with van der Waals surface area (Å²) in [7, 11) is 0. The smallest absolute Gasteiger partial charge is 0.253 e. The summed E-state index contributed by atoms with van der Waals surface area (Å²) in [4.78, 5) is 12.8. The predicted molar refractivity (Wildman–Crippen MR) is 91.2 cm³/mol. The van der Waals surface area contributed by atoms with Gasteiger partial charge in [0.25, 0.3) is 5.91 Å². The van der Waals surface area contributed by atoms with Gasteiger partial charge in [-0.3, -0.25) is 4.79 Å². The highest BCUT2D eigenvalue weighted by molar-refractivity contribution is 7.19. The van der Waals surface area contributed by atoms with Gasteiger partial charge in [0.15, 0.2) is 6.10 Å². The maximum Gasteiger partial charge on any atom is 0.253 e. The summed E-state index contributed by atoms with van der Waals surface area (Å²) < 4.78 is 1.09. The van der Waals surface area contributed by atoms with Gasteiger partial charge < -0.3 is 15.5 Å². The first kappa shape index (κ1) is 15.7. The summed E-state index contributed by atoms with van der Waals surface area (Å²) in [5.74, 6) is -0.517. The van der Waals surface area contributed by atoms with Crippen molar-refractivity contribution in [1.29, 1.82) is 0 Å². The molecule has 1 amide bonds. The number of nitrogens with one attached hydrogen (secondary N) is 1. The van der Waals surface area contributed by atoms with E-state index in [1.54, 1.807) is 24.3 Å². The van der Waals surface area contributed by atoms with E-state index in [0.717, 1.165) is 15.0 Å². The van der Waals surface area contributed by atoms with Crippen LogP contribution in [0, 0.1) is 0 Å². The standard InChI is InChI=1S/C18H17NO3S/c20-14(16-10-13-8-4-5-9-15(13)23-16)11-19-18(22)17(21)12-6-2-1-3-7-12/h1-10,14,17,20-21H,11H2,(H,19,22)/t14-,17-/m0/s1. The fraction of sp³-hybridized carbons (Fsp3) is 0.167.